The lowest BCUT2D eigenvalue weighted by atomic mass is 10.1. The molecule has 1 saturated heterocycles. The van der Waals surface area contributed by atoms with Crippen LogP contribution in [0.5, 0.6) is 0 Å². The van der Waals surface area contributed by atoms with E-state index < -0.39 is 10.0 Å². The van der Waals surface area contributed by atoms with Crippen molar-refractivity contribution in [3.63, 3.8) is 0 Å². The first-order chi connectivity index (χ1) is 12.0. The molecule has 3 rings (SSSR count). The number of thiophene rings is 1. The monoisotopic (exact) mass is 378 g/mol. The summed E-state index contributed by atoms with van der Waals surface area (Å²) in [6.45, 7) is 3.84. The lowest BCUT2D eigenvalue weighted by molar-refractivity contribution is 0.0953. The van der Waals surface area contributed by atoms with Crippen molar-refractivity contribution < 1.29 is 13.2 Å². The maximum absolute atomic E-state index is 12.6. The molecule has 1 aliphatic heterocycles. The number of benzene rings is 1. The highest BCUT2D eigenvalue weighted by Gasteiger charge is 2.28. The lowest BCUT2D eigenvalue weighted by Crippen LogP contribution is -2.27. The zero-order valence-electron chi connectivity index (χ0n) is 14.2. The van der Waals surface area contributed by atoms with E-state index in [0.29, 0.717) is 29.4 Å². The van der Waals surface area contributed by atoms with E-state index in [4.69, 9.17) is 0 Å². The van der Waals surface area contributed by atoms with E-state index in [2.05, 4.69) is 5.32 Å². The van der Waals surface area contributed by atoms with Crippen LogP contribution in [0, 0.1) is 0 Å². The van der Waals surface area contributed by atoms with Crippen molar-refractivity contribution in [3.8, 4) is 10.4 Å². The predicted molar refractivity (Wildman–Crippen MR) is 100 cm³/mol. The van der Waals surface area contributed by atoms with Gasteiger partial charge in [0.15, 0.2) is 0 Å². The average molecular weight is 379 g/mol. The molecule has 5 nitrogen and oxygen atoms in total. The SMILES string of the molecule is CCCNC(=O)c1cccc(-c2ccc(S(=O)(=O)N3CCCC3)s2)c1. The first kappa shape index (κ1) is 18.1. The van der Waals surface area contributed by atoms with Gasteiger partial charge in [-0.3, -0.25) is 4.79 Å². The van der Waals surface area contributed by atoms with E-state index in [-0.39, 0.29) is 5.91 Å². The molecular weight excluding hydrogens is 356 g/mol. The predicted octanol–water partition coefficient (Wildman–Crippen LogP) is 3.34. The summed E-state index contributed by atoms with van der Waals surface area (Å²) in [4.78, 5) is 13.0. The molecule has 0 saturated carbocycles. The first-order valence-electron chi connectivity index (χ1n) is 8.51. The van der Waals surface area contributed by atoms with Gasteiger partial charge in [0.2, 0.25) is 0 Å². The van der Waals surface area contributed by atoms with E-state index in [1.165, 1.54) is 11.3 Å². The van der Waals surface area contributed by atoms with Crippen molar-refractivity contribution in [1.29, 1.82) is 0 Å². The molecule has 0 radical (unpaired) electrons. The van der Waals surface area contributed by atoms with Crippen LogP contribution in [0.2, 0.25) is 0 Å². The van der Waals surface area contributed by atoms with Gasteiger partial charge in [0.1, 0.15) is 4.21 Å². The zero-order chi connectivity index (χ0) is 17.9. The van der Waals surface area contributed by atoms with Crippen molar-refractivity contribution in [3.05, 3.63) is 42.0 Å². The van der Waals surface area contributed by atoms with Gasteiger partial charge in [-0.15, -0.1) is 11.3 Å². The van der Waals surface area contributed by atoms with Crippen LogP contribution in [0.3, 0.4) is 0 Å². The molecule has 25 heavy (non-hydrogen) atoms. The number of hydrogen-bond acceptors (Lipinski definition) is 4. The van der Waals surface area contributed by atoms with E-state index >= 15 is 0 Å². The molecule has 0 aliphatic carbocycles. The Labute approximate surface area is 152 Å². The third kappa shape index (κ3) is 3.94. The second-order valence-electron chi connectivity index (χ2n) is 6.07. The van der Waals surface area contributed by atoms with Gasteiger partial charge in [-0.1, -0.05) is 19.1 Å². The third-order valence-electron chi connectivity index (χ3n) is 4.19. The van der Waals surface area contributed by atoms with E-state index in [9.17, 15) is 13.2 Å². The van der Waals surface area contributed by atoms with Crippen LogP contribution in [0.4, 0.5) is 0 Å². The summed E-state index contributed by atoms with van der Waals surface area (Å²) < 4.78 is 27.2. The van der Waals surface area contributed by atoms with Crippen LogP contribution < -0.4 is 5.32 Å². The molecule has 0 atom stereocenters. The van der Waals surface area contributed by atoms with E-state index in [0.717, 1.165) is 29.7 Å². The molecule has 1 fully saturated rings. The first-order valence-corrected chi connectivity index (χ1v) is 10.8. The Kier molecular flexibility index (Phi) is 5.56. The summed E-state index contributed by atoms with van der Waals surface area (Å²) in [6, 6.07) is 10.8. The molecular formula is C18H22N2O3S2. The fourth-order valence-electron chi connectivity index (χ4n) is 2.82. The Morgan fingerprint density at radius 1 is 1.20 bits per heavy atom. The Morgan fingerprint density at radius 3 is 2.68 bits per heavy atom. The summed E-state index contributed by atoms with van der Waals surface area (Å²) in [6.07, 6.45) is 2.73. The number of nitrogens with zero attached hydrogens (tertiary/aromatic N) is 1. The highest BCUT2D eigenvalue weighted by Crippen LogP contribution is 2.33. The summed E-state index contributed by atoms with van der Waals surface area (Å²) in [5, 5.41) is 2.86. The van der Waals surface area contributed by atoms with Crippen molar-refractivity contribution in [2.75, 3.05) is 19.6 Å². The second kappa shape index (κ2) is 7.68. The molecule has 1 amide bonds. The lowest BCUT2D eigenvalue weighted by Gasteiger charge is -2.13. The summed E-state index contributed by atoms with van der Waals surface area (Å²) in [7, 11) is -3.39. The van der Waals surface area contributed by atoms with Crippen molar-refractivity contribution in [2.45, 2.75) is 30.4 Å². The van der Waals surface area contributed by atoms with Crippen molar-refractivity contribution in [2.24, 2.45) is 0 Å². The van der Waals surface area contributed by atoms with Crippen LogP contribution in [-0.4, -0.2) is 38.3 Å². The van der Waals surface area contributed by atoms with E-state index in [1.54, 1.807) is 16.4 Å². The molecule has 2 heterocycles. The molecule has 1 aliphatic rings. The van der Waals surface area contributed by atoms with Gasteiger partial charge in [0.05, 0.1) is 0 Å². The molecule has 1 N–H and O–H groups in total. The minimum absolute atomic E-state index is 0.106. The van der Waals surface area contributed by atoms with Crippen LogP contribution in [0.25, 0.3) is 10.4 Å². The summed E-state index contributed by atoms with van der Waals surface area (Å²) in [5.74, 6) is -0.106. The number of carbonyl (C=O) groups is 1. The van der Waals surface area contributed by atoms with Crippen LogP contribution in [-0.2, 0) is 10.0 Å². The standard InChI is InChI=1S/C18H22N2O3S2/c1-2-10-19-18(21)15-7-5-6-14(13-15)16-8-9-17(24-16)25(22,23)20-11-3-4-12-20/h5-9,13H,2-4,10-12H2,1H3,(H,19,21). The van der Waals surface area contributed by atoms with E-state index in [1.807, 2.05) is 31.2 Å². The maximum Gasteiger partial charge on any atom is 0.252 e. The molecule has 134 valence electrons. The average Bonchev–Trinajstić information content (AvgIpc) is 3.31. The second-order valence-corrected chi connectivity index (χ2v) is 9.32. The van der Waals surface area contributed by atoms with Crippen LogP contribution in [0.1, 0.15) is 36.5 Å². The quantitative estimate of drug-likeness (QED) is 0.838. The highest BCUT2D eigenvalue weighted by molar-refractivity contribution is 7.91. The largest absolute Gasteiger partial charge is 0.352 e. The molecule has 2 aromatic rings. The number of rotatable bonds is 6. The molecule has 1 aromatic carbocycles. The fourth-order valence-corrected chi connectivity index (χ4v) is 5.80. The maximum atomic E-state index is 12.6. The highest BCUT2D eigenvalue weighted by atomic mass is 32.2. The zero-order valence-corrected chi connectivity index (χ0v) is 15.8. The number of hydrogen-bond donors (Lipinski definition) is 1. The fraction of sp³-hybridized carbons (Fsp3) is 0.389. The molecule has 0 spiro atoms. The van der Waals surface area contributed by atoms with Crippen LogP contribution >= 0.6 is 11.3 Å². The molecule has 0 unspecified atom stereocenters. The Hall–Kier alpha value is -1.70. The minimum atomic E-state index is -3.39. The molecule has 0 bridgehead atoms. The van der Waals surface area contributed by atoms with Crippen molar-refractivity contribution >= 4 is 27.3 Å². The normalized spacial score (nSPS) is 15.4. The number of sulfonamides is 1. The third-order valence-corrected chi connectivity index (χ3v) is 7.69. The van der Waals surface area contributed by atoms with Gasteiger partial charge in [-0.2, -0.15) is 4.31 Å². The Bertz CT molecular complexity index is 853. The Balaban J connectivity index is 1.84. The molecule has 1 aromatic heterocycles. The summed E-state index contributed by atoms with van der Waals surface area (Å²) >= 11 is 1.26. The molecule has 7 heteroatoms. The van der Waals surface area contributed by atoms with Gasteiger partial charge < -0.3 is 5.32 Å². The topological polar surface area (TPSA) is 66.5 Å². The smallest absolute Gasteiger partial charge is 0.252 e. The minimum Gasteiger partial charge on any atom is -0.352 e. The van der Waals surface area contributed by atoms with Crippen LogP contribution in [0.15, 0.2) is 40.6 Å². The van der Waals surface area contributed by atoms with Gasteiger partial charge in [0.25, 0.3) is 15.9 Å². The van der Waals surface area contributed by atoms with Gasteiger partial charge in [-0.25, -0.2) is 8.42 Å². The van der Waals surface area contributed by atoms with Gasteiger partial charge in [-0.05, 0) is 49.1 Å². The van der Waals surface area contributed by atoms with Gasteiger partial charge in [0, 0.05) is 30.1 Å². The number of amides is 1. The number of carbonyl (C=O) groups excluding carboxylic acids is 1. The number of nitrogens with one attached hydrogen (secondary N) is 1. The van der Waals surface area contributed by atoms with Crippen molar-refractivity contribution in [1.82, 2.24) is 9.62 Å². The van der Waals surface area contributed by atoms with Gasteiger partial charge >= 0.3 is 0 Å². The summed E-state index contributed by atoms with van der Waals surface area (Å²) in [5.41, 5.74) is 1.44. The Morgan fingerprint density at radius 2 is 1.96 bits per heavy atom.